The average molecular weight is 413 g/mol. The van der Waals surface area contributed by atoms with E-state index in [1.165, 1.54) is 11.1 Å². The number of hydrogen-bond acceptors (Lipinski definition) is 2. The van der Waals surface area contributed by atoms with Crippen molar-refractivity contribution in [3.05, 3.63) is 75.8 Å². The van der Waals surface area contributed by atoms with Crippen LogP contribution in [0, 0.1) is 13.8 Å². The minimum atomic E-state index is -0.550. The lowest BCUT2D eigenvalue weighted by Gasteiger charge is -2.16. The van der Waals surface area contributed by atoms with Crippen molar-refractivity contribution in [1.29, 1.82) is 0 Å². The largest absolute Gasteiger partial charge is 0.389 e. The molecule has 0 spiro atoms. The molecule has 0 aliphatic carbocycles. The van der Waals surface area contributed by atoms with Crippen molar-refractivity contribution < 1.29 is 5.11 Å². The highest BCUT2D eigenvalue weighted by Gasteiger charge is 2.14. The summed E-state index contributed by atoms with van der Waals surface area (Å²) < 4.78 is 2.13. The topological polar surface area (TPSA) is 37.2 Å². The van der Waals surface area contributed by atoms with Gasteiger partial charge < -0.3 is 15.0 Å². The Kier molecular flexibility index (Phi) is 5.24. The zero-order valence-corrected chi connectivity index (χ0v) is 17.3. The van der Waals surface area contributed by atoms with Crippen molar-refractivity contribution in [3.8, 4) is 0 Å². The van der Waals surface area contributed by atoms with E-state index in [0.29, 0.717) is 23.1 Å². The molecule has 4 aromatic rings. The molecule has 1 unspecified atom stereocenters. The molecule has 1 heterocycles. The number of hydrogen-bond donors (Lipinski definition) is 2. The van der Waals surface area contributed by atoms with Crippen LogP contribution in [-0.4, -0.2) is 22.3 Å². The van der Waals surface area contributed by atoms with Gasteiger partial charge in [-0.15, -0.1) is 0 Å². The Balaban J connectivity index is 1.63. The monoisotopic (exact) mass is 412 g/mol. The zero-order valence-electron chi connectivity index (χ0n) is 15.8. The Hall–Kier alpha value is -2.20. The average Bonchev–Trinajstić information content (AvgIpc) is 2.92. The predicted molar refractivity (Wildman–Crippen MR) is 120 cm³/mol. The lowest BCUT2D eigenvalue weighted by molar-refractivity contribution is 0.169. The van der Waals surface area contributed by atoms with Gasteiger partial charge in [0.25, 0.3) is 0 Å². The summed E-state index contributed by atoms with van der Waals surface area (Å²) in [6.45, 7) is 5.08. The van der Waals surface area contributed by atoms with Gasteiger partial charge in [0, 0.05) is 44.1 Å². The maximum Gasteiger partial charge on any atom is 0.0891 e. The van der Waals surface area contributed by atoms with Gasteiger partial charge in [-0.05, 0) is 73.5 Å². The van der Waals surface area contributed by atoms with E-state index >= 15 is 0 Å². The summed E-state index contributed by atoms with van der Waals surface area (Å²) in [5.41, 5.74) is 5.50. The van der Waals surface area contributed by atoms with Gasteiger partial charge in [-0.25, -0.2) is 0 Å². The molecule has 0 amide bonds. The highest BCUT2D eigenvalue weighted by Crippen LogP contribution is 2.33. The molecule has 5 heteroatoms. The summed E-state index contributed by atoms with van der Waals surface area (Å²) in [6.07, 6.45) is -0.550. The quantitative estimate of drug-likeness (QED) is 0.409. The third-order valence-electron chi connectivity index (χ3n) is 4.95. The lowest BCUT2D eigenvalue weighted by atomic mass is 10.1. The fourth-order valence-electron chi connectivity index (χ4n) is 3.83. The van der Waals surface area contributed by atoms with Crippen LogP contribution < -0.4 is 5.32 Å². The molecule has 4 rings (SSSR count). The fourth-order valence-corrected chi connectivity index (χ4v) is 4.18. The van der Waals surface area contributed by atoms with E-state index in [9.17, 15) is 5.11 Å². The summed E-state index contributed by atoms with van der Waals surface area (Å²) in [5, 5.41) is 17.5. The van der Waals surface area contributed by atoms with Gasteiger partial charge in [0.05, 0.1) is 12.6 Å². The maximum atomic E-state index is 10.7. The van der Waals surface area contributed by atoms with Crippen LogP contribution in [0.3, 0.4) is 0 Å². The second kappa shape index (κ2) is 7.67. The van der Waals surface area contributed by atoms with Crippen LogP contribution in [0.2, 0.25) is 10.0 Å². The molecule has 0 aliphatic heterocycles. The first-order chi connectivity index (χ1) is 13.4. The molecular weight excluding hydrogens is 391 g/mol. The van der Waals surface area contributed by atoms with E-state index < -0.39 is 6.10 Å². The Bertz CT molecular complexity index is 1090. The van der Waals surface area contributed by atoms with Gasteiger partial charge in [0.2, 0.25) is 0 Å². The van der Waals surface area contributed by atoms with Gasteiger partial charge >= 0.3 is 0 Å². The summed E-state index contributed by atoms with van der Waals surface area (Å²) in [5.74, 6) is 0. The van der Waals surface area contributed by atoms with E-state index in [2.05, 4.69) is 41.9 Å². The fraction of sp³-hybridized carbons (Fsp3) is 0.217. The molecular formula is C23H22Cl2N2O. The van der Waals surface area contributed by atoms with Crippen molar-refractivity contribution in [1.82, 2.24) is 4.57 Å². The first-order valence-electron chi connectivity index (χ1n) is 9.28. The van der Waals surface area contributed by atoms with E-state index in [4.69, 9.17) is 23.2 Å². The number of rotatable bonds is 5. The summed E-state index contributed by atoms with van der Waals surface area (Å²) in [7, 11) is 0. The molecule has 3 aromatic carbocycles. The maximum absolute atomic E-state index is 10.7. The molecule has 3 nitrogen and oxygen atoms in total. The number of anilines is 1. The van der Waals surface area contributed by atoms with Crippen molar-refractivity contribution in [2.24, 2.45) is 0 Å². The molecule has 0 aliphatic rings. The second-order valence-electron chi connectivity index (χ2n) is 7.34. The van der Waals surface area contributed by atoms with Gasteiger partial charge in [-0.1, -0.05) is 29.3 Å². The van der Waals surface area contributed by atoms with E-state index in [1.54, 1.807) is 0 Å². The van der Waals surface area contributed by atoms with E-state index in [0.717, 1.165) is 27.5 Å². The molecule has 0 saturated carbocycles. The SMILES string of the molecule is Cc1cc(C)cc(NCC(O)Cn2c3ccc(Cl)cc3c3cc(Cl)ccc32)c1. The molecule has 0 radical (unpaired) electrons. The zero-order chi connectivity index (χ0) is 19.8. The van der Waals surface area contributed by atoms with Crippen molar-refractivity contribution >= 4 is 50.7 Å². The van der Waals surface area contributed by atoms with Gasteiger partial charge in [0.15, 0.2) is 0 Å². The number of benzene rings is 3. The predicted octanol–water partition coefficient (Wildman–Crippen LogP) is 6.19. The molecule has 0 saturated heterocycles. The van der Waals surface area contributed by atoms with Crippen LogP contribution in [0.15, 0.2) is 54.6 Å². The van der Waals surface area contributed by atoms with Crippen LogP contribution in [0.5, 0.6) is 0 Å². The van der Waals surface area contributed by atoms with Gasteiger partial charge in [0.1, 0.15) is 0 Å². The smallest absolute Gasteiger partial charge is 0.0891 e. The number of halogens is 2. The molecule has 1 atom stereocenters. The second-order valence-corrected chi connectivity index (χ2v) is 8.22. The summed E-state index contributed by atoms with van der Waals surface area (Å²) in [4.78, 5) is 0. The van der Waals surface area contributed by atoms with Crippen LogP contribution in [-0.2, 0) is 6.54 Å². The minimum Gasteiger partial charge on any atom is -0.389 e. The van der Waals surface area contributed by atoms with Crippen molar-refractivity contribution in [2.45, 2.75) is 26.5 Å². The Morgan fingerprint density at radius 2 is 1.39 bits per heavy atom. The molecule has 2 N–H and O–H groups in total. The Morgan fingerprint density at radius 3 is 1.93 bits per heavy atom. The number of aliphatic hydroxyl groups is 1. The van der Waals surface area contributed by atoms with Crippen LogP contribution in [0.4, 0.5) is 5.69 Å². The summed E-state index contributed by atoms with van der Waals surface area (Å²) in [6, 6.07) is 18.0. The molecule has 0 bridgehead atoms. The highest BCUT2D eigenvalue weighted by atomic mass is 35.5. The Labute approximate surface area is 174 Å². The first-order valence-corrected chi connectivity index (χ1v) is 10.0. The standard InChI is InChI=1S/C23H22Cl2N2O/c1-14-7-15(2)9-18(8-14)26-12-19(28)13-27-22-5-3-16(24)10-20(22)21-11-17(25)4-6-23(21)27/h3-11,19,26,28H,12-13H2,1-2H3. The Morgan fingerprint density at radius 1 is 0.857 bits per heavy atom. The number of aromatic nitrogens is 1. The van der Waals surface area contributed by atoms with Crippen molar-refractivity contribution in [3.63, 3.8) is 0 Å². The van der Waals surface area contributed by atoms with Crippen molar-refractivity contribution in [2.75, 3.05) is 11.9 Å². The van der Waals surface area contributed by atoms with Crippen LogP contribution >= 0.6 is 23.2 Å². The number of aryl methyl sites for hydroxylation is 2. The molecule has 1 aromatic heterocycles. The van der Waals surface area contributed by atoms with Crippen LogP contribution in [0.1, 0.15) is 11.1 Å². The third-order valence-corrected chi connectivity index (χ3v) is 5.42. The van der Waals surface area contributed by atoms with E-state index in [-0.39, 0.29) is 0 Å². The normalized spacial score (nSPS) is 12.6. The third kappa shape index (κ3) is 3.83. The number of aliphatic hydroxyl groups excluding tert-OH is 1. The van der Waals surface area contributed by atoms with Gasteiger partial charge in [-0.2, -0.15) is 0 Å². The minimum absolute atomic E-state index is 0.464. The number of fused-ring (bicyclic) bond motifs is 3. The number of nitrogens with zero attached hydrogens (tertiary/aromatic N) is 1. The first kappa shape index (κ1) is 19.1. The lowest BCUT2D eigenvalue weighted by Crippen LogP contribution is -2.24. The summed E-state index contributed by atoms with van der Waals surface area (Å²) >= 11 is 12.4. The molecule has 28 heavy (non-hydrogen) atoms. The van der Waals surface area contributed by atoms with Crippen LogP contribution in [0.25, 0.3) is 21.8 Å². The molecule has 0 fully saturated rings. The highest BCUT2D eigenvalue weighted by molar-refractivity contribution is 6.33. The number of nitrogens with one attached hydrogen (secondary N) is 1. The van der Waals surface area contributed by atoms with E-state index in [1.807, 2.05) is 36.4 Å². The van der Waals surface area contributed by atoms with Gasteiger partial charge in [-0.3, -0.25) is 0 Å². The molecule has 144 valence electrons.